The number of carbonyl (C=O) groups excluding carboxylic acids is 2. The molecule has 0 bridgehead atoms. The van der Waals surface area contributed by atoms with Crippen LogP contribution in [0.2, 0.25) is 0 Å². The Balaban J connectivity index is 1.79. The van der Waals surface area contributed by atoms with Gasteiger partial charge in [-0.25, -0.2) is 9.63 Å². The number of nitrogens with zero attached hydrogens (tertiary/aromatic N) is 1. The Bertz CT molecular complexity index is 924. The van der Waals surface area contributed by atoms with E-state index < -0.39 is 11.9 Å². The second-order valence-electron chi connectivity index (χ2n) is 6.06. The quantitative estimate of drug-likeness (QED) is 0.467. The lowest BCUT2D eigenvalue weighted by Crippen LogP contribution is -2.34. The molecule has 0 radical (unpaired) electrons. The lowest BCUT2D eigenvalue weighted by molar-refractivity contribution is -0.293. The first kappa shape index (κ1) is 18.6. The first-order valence-corrected chi connectivity index (χ1v) is 8.92. The summed E-state index contributed by atoms with van der Waals surface area (Å²) in [4.78, 5) is 35.9. The Morgan fingerprint density at radius 1 is 0.852 bits per heavy atom. The number of fused-ring (bicyclic) bond motifs is 1. The van der Waals surface area contributed by atoms with Gasteiger partial charge in [0.2, 0.25) is 0 Å². The highest BCUT2D eigenvalue weighted by Gasteiger charge is 2.22. The van der Waals surface area contributed by atoms with Crippen LogP contribution in [-0.4, -0.2) is 23.7 Å². The molecule has 0 saturated heterocycles. The van der Waals surface area contributed by atoms with Crippen LogP contribution in [0.1, 0.15) is 40.5 Å². The van der Waals surface area contributed by atoms with Crippen LogP contribution in [0.5, 0.6) is 0 Å². The fraction of sp³-hybridized carbons (Fsp3) is 0.182. The number of hydrogen-bond donors (Lipinski definition) is 0. The van der Waals surface area contributed by atoms with Gasteiger partial charge in [0, 0.05) is 5.56 Å². The van der Waals surface area contributed by atoms with Crippen molar-refractivity contribution >= 4 is 22.6 Å². The summed E-state index contributed by atoms with van der Waals surface area (Å²) in [6.07, 6.45) is 1.64. The minimum absolute atomic E-state index is 0.278. The topological polar surface area (TPSA) is 55.8 Å². The van der Waals surface area contributed by atoms with Crippen molar-refractivity contribution in [3.63, 3.8) is 0 Å². The van der Waals surface area contributed by atoms with Crippen molar-refractivity contribution in [3.05, 3.63) is 83.9 Å². The molecule has 0 aliphatic carbocycles. The Labute approximate surface area is 158 Å². The molecule has 0 unspecified atom stereocenters. The molecule has 3 rings (SSSR count). The normalized spacial score (nSPS) is 10.6. The van der Waals surface area contributed by atoms with Gasteiger partial charge in [0.15, 0.2) is 0 Å². The maximum absolute atomic E-state index is 12.6. The highest BCUT2D eigenvalue weighted by Crippen LogP contribution is 2.17. The molecule has 0 fully saturated rings. The van der Waals surface area contributed by atoms with Crippen molar-refractivity contribution in [1.82, 2.24) is 5.23 Å². The van der Waals surface area contributed by atoms with E-state index in [1.165, 1.54) is 0 Å². The molecule has 3 aromatic rings. The van der Waals surface area contributed by atoms with Crippen molar-refractivity contribution in [1.29, 1.82) is 0 Å². The molecule has 27 heavy (non-hydrogen) atoms. The Morgan fingerprint density at radius 3 is 2.30 bits per heavy atom. The summed E-state index contributed by atoms with van der Waals surface area (Å²) in [5.74, 6) is -1.18. The van der Waals surface area contributed by atoms with Crippen LogP contribution in [0.15, 0.2) is 72.8 Å². The fourth-order valence-electron chi connectivity index (χ4n) is 2.55. The van der Waals surface area contributed by atoms with Gasteiger partial charge in [0.25, 0.3) is 0 Å². The predicted molar refractivity (Wildman–Crippen MR) is 103 cm³/mol. The van der Waals surface area contributed by atoms with E-state index in [9.17, 15) is 9.59 Å². The Hall–Kier alpha value is -3.18. The second-order valence-corrected chi connectivity index (χ2v) is 6.06. The fourth-order valence-corrected chi connectivity index (χ4v) is 2.55. The number of rotatable bonds is 6. The van der Waals surface area contributed by atoms with Gasteiger partial charge in [-0.05, 0) is 46.7 Å². The average Bonchev–Trinajstić information content (AvgIpc) is 2.72. The third-order valence-electron chi connectivity index (χ3n) is 4.04. The molecule has 0 atom stereocenters. The minimum atomic E-state index is -0.651. The van der Waals surface area contributed by atoms with Gasteiger partial charge in [-0.3, -0.25) is 4.79 Å². The number of carbonyl (C=O) groups is 2. The van der Waals surface area contributed by atoms with Crippen LogP contribution < -0.4 is 0 Å². The molecule has 138 valence electrons. The summed E-state index contributed by atoms with van der Waals surface area (Å²) >= 11 is 0. The molecule has 0 aromatic heterocycles. The van der Waals surface area contributed by atoms with E-state index in [0.717, 1.165) is 23.6 Å². The van der Waals surface area contributed by atoms with E-state index in [0.29, 0.717) is 16.4 Å². The average molecular weight is 363 g/mol. The van der Waals surface area contributed by atoms with Crippen molar-refractivity contribution < 1.29 is 19.3 Å². The lowest BCUT2D eigenvalue weighted by atomic mass is 10.1. The summed E-state index contributed by atoms with van der Waals surface area (Å²) in [5, 5.41) is 2.62. The van der Waals surface area contributed by atoms with Gasteiger partial charge in [0.1, 0.15) is 0 Å². The largest absolute Gasteiger partial charge is 0.366 e. The van der Waals surface area contributed by atoms with Gasteiger partial charge in [0.05, 0.1) is 12.2 Å². The monoisotopic (exact) mass is 363 g/mol. The maximum atomic E-state index is 12.6. The first-order valence-electron chi connectivity index (χ1n) is 8.92. The van der Waals surface area contributed by atoms with Gasteiger partial charge in [-0.2, -0.15) is 0 Å². The Kier molecular flexibility index (Phi) is 6.18. The Morgan fingerprint density at radius 2 is 1.56 bits per heavy atom. The van der Waals surface area contributed by atoms with Gasteiger partial charge in [-0.15, -0.1) is 0 Å². The van der Waals surface area contributed by atoms with Crippen LogP contribution in [0.25, 0.3) is 10.8 Å². The molecular formula is C22H21NO4. The molecule has 0 saturated carbocycles. The standard InChI is InChI=1S/C22H21NO4/c1-2-3-15-26-23(21(24)18-10-5-4-6-11-18)27-22(25)20-14-13-17-9-7-8-12-19(17)16-20/h4-14,16H,2-3,15H2,1H3. The molecule has 0 N–H and O–H groups in total. The number of hydrogen-bond acceptors (Lipinski definition) is 4. The highest BCUT2D eigenvalue weighted by atomic mass is 17.0. The first-order chi connectivity index (χ1) is 13.2. The molecule has 0 aliphatic rings. The molecule has 3 aromatic carbocycles. The van der Waals surface area contributed by atoms with Crippen LogP contribution >= 0.6 is 0 Å². The molecule has 1 amide bonds. The number of benzene rings is 3. The lowest BCUT2D eigenvalue weighted by Gasteiger charge is -2.20. The number of unbranched alkanes of at least 4 members (excludes halogenated alkanes) is 1. The minimum Gasteiger partial charge on any atom is -0.306 e. The van der Waals surface area contributed by atoms with Crippen LogP contribution in [0.3, 0.4) is 0 Å². The summed E-state index contributed by atoms with van der Waals surface area (Å²) in [7, 11) is 0. The number of hydroxylamine groups is 2. The SMILES string of the molecule is CCCCON(OC(=O)c1ccc2ccccc2c1)C(=O)c1ccccc1. The maximum Gasteiger partial charge on any atom is 0.366 e. The van der Waals surface area contributed by atoms with E-state index in [1.807, 2.05) is 37.3 Å². The molecule has 0 spiro atoms. The van der Waals surface area contributed by atoms with Crippen molar-refractivity contribution in [2.24, 2.45) is 0 Å². The predicted octanol–water partition coefficient (Wildman–Crippen LogP) is 4.79. The van der Waals surface area contributed by atoms with E-state index in [2.05, 4.69) is 0 Å². The van der Waals surface area contributed by atoms with E-state index >= 15 is 0 Å². The third-order valence-corrected chi connectivity index (χ3v) is 4.04. The summed E-state index contributed by atoms with van der Waals surface area (Å²) < 4.78 is 0. The smallest absolute Gasteiger partial charge is 0.306 e. The molecule has 0 heterocycles. The van der Waals surface area contributed by atoms with Crippen LogP contribution in [0, 0.1) is 0 Å². The highest BCUT2D eigenvalue weighted by molar-refractivity contribution is 5.97. The zero-order valence-corrected chi connectivity index (χ0v) is 15.1. The summed E-state index contributed by atoms with van der Waals surface area (Å²) in [6.45, 7) is 2.29. The molecule has 0 aliphatic heterocycles. The van der Waals surface area contributed by atoms with Crippen molar-refractivity contribution in [2.75, 3.05) is 6.61 Å². The summed E-state index contributed by atoms with van der Waals surface area (Å²) in [6, 6.07) is 21.5. The van der Waals surface area contributed by atoms with Crippen molar-refractivity contribution in [2.45, 2.75) is 19.8 Å². The van der Waals surface area contributed by atoms with E-state index in [4.69, 9.17) is 9.68 Å². The zero-order valence-electron chi connectivity index (χ0n) is 15.1. The molecule has 5 nitrogen and oxygen atoms in total. The second kappa shape index (κ2) is 8.96. The van der Waals surface area contributed by atoms with Crippen LogP contribution in [0.4, 0.5) is 0 Å². The zero-order chi connectivity index (χ0) is 19.1. The van der Waals surface area contributed by atoms with E-state index in [1.54, 1.807) is 42.5 Å². The molecular weight excluding hydrogens is 342 g/mol. The van der Waals surface area contributed by atoms with E-state index in [-0.39, 0.29) is 6.61 Å². The van der Waals surface area contributed by atoms with Gasteiger partial charge < -0.3 is 4.84 Å². The van der Waals surface area contributed by atoms with Crippen LogP contribution in [-0.2, 0) is 9.68 Å². The number of amides is 1. The molecule has 5 heteroatoms. The van der Waals surface area contributed by atoms with Gasteiger partial charge >= 0.3 is 11.9 Å². The third kappa shape index (κ3) is 4.71. The summed E-state index contributed by atoms with van der Waals surface area (Å²) in [5.41, 5.74) is 0.721. The van der Waals surface area contributed by atoms with Crippen molar-refractivity contribution in [3.8, 4) is 0 Å². The van der Waals surface area contributed by atoms with Gasteiger partial charge in [-0.1, -0.05) is 61.9 Å².